The van der Waals surface area contributed by atoms with Crippen molar-refractivity contribution < 1.29 is 9.53 Å². The molecule has 0 saturated carbocycles. The van der Waals surface area contributed by atoms with Gasteiger partial charge in [0.15, 0.2) is 5.78 Å². The molecule has 3 aromatic rings. The smallest absolute Gasteiger partial charge is 0.229 e. The third-order valence-corrected chi connectivity index (χ3v) is 5.32. The number of benzene rings is 2. The average molecular weight is 402 g/mol. The second-order valence-electron chi connectivity index (χ2n) is 7.65. The summed E-state index contributed by atoms with van der Waals surface area (Å²) in [5.74, 6) is 1.99. The van der Waals surface area contributed by atoms with E-state index < -0.39 is 0 Å². The molecule has 0 saturated heterocycles. The van der Waals surface area contributed by atoms with E-state index in [0.717, 1.165) is 29.9 Å². The molecule has 6 nitrogen and oxygen atoms in total. The lowest BCUT2D eigenvalue weighted by Gasteiger charge is -2.23. The lowest BCUT2D eigenvalue weighted by atomic mass is 9.87. The molecule has 2 aromatic carbocycles. The van der Waals surface area contributed by atoms with E-state index in [2.05, 4.69) is 46.6 Å². The Hall–Kier alpha value is -3.41. The van der Waals surface area contributed by atoms with Crippen LogP contribution in [0.1, 0.15) is 41.9 Å². The highest BCUT2D eigenvalue weighted by atomic mass is 16.5. The zero-order chi connectivity index (χ0) is 21.1. The summed E-state index contributed by atoms with van der Waals surface area (Å²) in [5.41, 5.74) is 4.28. The van der Waals surface area contributed by atoms with Gasteiger partial charge in [0.2, 0.25) is 5.95 Å². The zero-order valence-electron chi connectivity index (χ0n) is 17.5. The molecule has 154 valence electrons. The summed E-state index contributed by atoms with van der Waals surface area (Å²) in [7, 11) is 1.62. The number of ketones is 1. The van der Waals surface area contributed by atoms with Crippen LogP contribution in [-0.2, 0) is 12.8 Å². The van der Waals surface area contributed by atoms with Crippen LogP contribution in [0.25, 0.3) is 0 Å². The van der Waals surface area contributed by atoms with E-state index in [1.807, 2.05) is 36.4 Å². The number of rotatable bonds is 6. The van der Waals surface area contributed by atoms with Crippen LogP contribution < -0.4 is 15.4 Å². The van der Waals surface area contributed by atoms with Gasteiger partial charge in [-0.05, 0) is 48.6 Å². The third-order valence-electron chi connectivity index (χ3n) is 5.32. The van der Waals surface area contributed by atoms with Crippen LogP contribution in [0.4, 0.5) is 23.1 Å². The molecule has 1 atom stereocenters. The lowest BCUT2D eigenvalue weighted by molar-refractivity contribution is 0.0952. The fourth-order valence-corrected chi connectivity index (χ4v) is 3.74. The van der Waals surface area contributed by atoms with E-state index >= 15 is 0 Å². The fraction of sp³-hybridized carbons (Fsp3) is 0.292. The van der Waals surface area contributed by atoms with E-state index in [1.165, 1.54) is 5.56 Å². The molecule has 2 N–H and O–H groups in total. The number of carbonyl (C=O) groups is 1. The minimum atomic E-state index is 0.0694. The van der Waals surface area contributed by atoms with Gasteiger partial charge in [-0.1, -0.05) is 38.1 Å². The second-order valence-corrected chi connectivity index (χ2v) is 7.65. The molecule has 0 amide bonds. The molecule has 0 spiro atoms. The van der Waals surface area contributed by atoms with Gasteiger partial charge in [0.05, 0.1) is 24.1 Å². The van der Waals surface area contributed by atoms with Crippen LogP contribution in [0.5, 0.6) is 5.75 Å². The number of hydrogen-bond donors (Lipinski definition) is 2. The number of carbonyl (C=O) groups excluding carboxylic acids is 1. The van der Waals surface area contributed by atoms with Gasteiger partial charge in [-0.15, -0.1) is 0 Å². The molecule has 4 rings (SSSR count). The number of para-hydroxylation sites is 2. The van der Waals surface area contributed by atoms with Crippen molar-refractivity contribution in [3.05, 3.63) is 65.4 Å². The number of nitrogens with one attached hydrogen (secondary N) is 2. The molecule has 0 bridgehead atoms. The largest absolute Gasteiger partial charge is 0.495 e. The van der Waals surface area contributed by atoms with Gasteiger partial charge in [0, 0.05) is 12.1 Å². The first-order valence-electron chi connectivity index (χ1n) is 10.3. The molecule has 0 aliphatic heterocycles. The summed E-state index contributed by atoms with van der Waals surface area (Å²) in [6.45, 7) is 4.20. The van der Waals surface area contributed by atoms with E-state index in [-0.39, 0.29) is 11.7 Å². The predicted molar refractivity (Wildman–Crippen MR) is 119 cm³/mol. The minimum absolute atomic E-state index is 0.0694. The molecule has 1 unspecified atom stereocenters. The molecule has 1 aliphatic carbocycles. The highest BCUT2D eigenvalue weighted by Crippen LogP contribution is 2.34. The maximum atomic E-state index is 12.8. The lowest BCUT2D eigenvalue weighted by Crippen LogP contribution is -2.22. The number of hydrogen-bond acceptors (Lipinski definition) is 6. The van der Waals surface area contributed by atoms with Crippen molar-refractivity contribution in [3.8, 4) is 5.75 Å². The van der Waals surface area contributed by atoms with Gasteiger partial charge >= 0.3 is 0 Å². The van der Waals surface area contributed by atoms with Crippen LogP contribution in [0.15, 0.2) is 48.5 Å². The van der Waals surface area contributed by atoms with E-state index in [0.29, 0.717) is 29.5 Å². The number of Topliss-reactive ketones (excluding diaryl/α,β-unsaturated/α-hetero) is 1. The average Bonchev–Trinajstić information content (AvgIpc) is 2.74. The Kier molecular flexibility index (Phi) is 5.65. The summed E-state index contributed by atoms with van der Waals surface area (Å²) in [6.07, 6.45) is 2.23. The van der Waals surface area contributed by atoms with Crippen molar-refractivity contribution in [2.45, 2.75) is 33.1 Å². The summed E-state index contributed by atoms with van der Waals surface area (Å²) in [5, 5.41) is 6.59. The first-order chi connectivity index (χ1) is 14.6. The van der Waals surface area contributed by atoms with Crippen LogP contribution in [0, 0.1) is 5.92 Å². The maximum absolute atomic E-state index is 12.8. The van der Waals surface area contributed by atoms with Crippen LogP contribution >= 0.6 is 0 Å². The highest BCUT2D eigenvalue weighted by Gasteiger charge is 2.28. The Morgan fingerprint density at radius 2 is 1.80 bits per heavy atom. The Morgan fingerprint density at radius 3 is 2.53 bits per heavy atom. The summed E-state index contributed by atoms with van der Waals surface area (Å²) < 4.78 is 5.45. The van der Waals surface area contributed by atoms with Crippen molar-refractivity contribution in [3.63, 3.8) is 0 Å². The monoisotopic (exact) mass is 402 g/mol. The number of methoxy groups -OCH3 is 1. The van der Waals surface area contributed by atoms with Crippen molar-refractivity contribution in [2.24, 2.45) is 5.92 Å². The van der Waals surface area contributed by atoms with Gasteiger partial charge in [0.1, 0.15) is 11.6 Å². The SMILES string of the molecule is CCc1ccc(Nc2nc3c(c(Nc4ccccc4OC)n2)C(=O)CC(C)C3)cc1. The maximum Gasteiger partial charge on any atom is 0.229 e. The minimum Gasteiger partial charge on any atom is -0.495 e. The molecule has 1 aliphatic rings. The van der Waals surface area contributed by atoms with E-state index in [4.69, 9.17) is 4.74 Å². The Labute approximate surface area is 176 Å². The molecular formula is C24H26N4O2. The summed E-state index contributed by atoms with van der Waals surface area (Å²) >= 11 is 0. The van der Waals surface area contributed by atoms with Crippen LogP contribution in [0.3, 0.4) is 0 Å². The number of ether oxygens (including phenoxy) is 1. The topological polar surface area (TPSA) is 76.1 Å². The standard InChI is InChI=1S/C24H26N4O2/c1-4-16-9-11-17(12-10-16)25-24-27-19-13-15(2)14-20(29)22(19)23(28-24)26-18-7-5-6-8-21(18)30-3/h5-12,15H,4,13-14H2,1-3H3,(H2,25,26,27,28). The van der Waals surface area contributed by atoms with E-state index in [9.17, 15) is 4.79 Å². The Morgan fingerprint density at radius 1 is 1.03 bits per heavy atom. The molecule has 0 radical (unpaired) electrons. The molecule has 6 heteroatoms. The molecule has 1 heterocycles. The number of aromatic nitrogens is 2. The first kappa shape index (κ1) is 19.9. The Bertz CT molecular complexity index is 1060. The van der Waals surface area contributed by atoms with Gasteiger partial charge in [-0.3, -0.25) is 4.79 Å². The quantitative estimate of drug-likeness (QED) is 0.583. The number of fused-ring (bicyclic) bond motifs is 1. The fourth-order valence-electron chi connectivity index (χ4n) is 3.74. The van der Waals surface area contributed by atoms with Crippen LogP contribution in [0.2, 0.25) is 0 Å². The van der Waals surface area contributed by atoms with Crippen LogP contribution in [-0.4, -0.2) is 22.9 Å². The first-order valence-corrected chi connectivity index (χ1v) is 10.3. The third kappa shape index (κ3) is 4.13. The van der Waals surface area contributed by atoms with Gasteiger partial charge < -0.3 is 15.4 Å². The van der Waals surface area contributed by atoms with Gasteiger partial charge in [0.25, 0.3) is 0 Å². The molecule has 30 heavy (non-hydrogen) atoms. The highest BCUT2D eigenvalue weighted by molar-refractivity contribution is 6.03. The van der Waals surface area contributed by atoms with Crippen molar-refractivity contribution >= 4 is 28.9 Å². The summed E-state index contributed by atoms with van der Waals surface area (Å²) in [6, 6.07) is 15.8. The number of nitrogens with zero attached hydrogens (tertiary/aromatic N) is 2. The summed E-state index contributed by atoms with van der Waals surface area (Å²) in [4.78, 5) is 22.2. The van der Waals surface area contributed by atoms with Crippen molar-refractivity contribution in [1.29, 1.82) is 0 Å². The zero-order valence-corrected chi connectivity index (χ0v) is 17.5. The second kappa shape index (κ2) is 8.53. The van der Waals surface area contributed by atoms with Gasteiger partial charge in [-0.25, -0.2) is 4.98 Å². The normalized spacial score (nSPS) is 15.4. The van der Waals surface area contributed by atoms with E-state index in [1.54, 1.807) is 7.11 Å². The molecule has 1 aromatic heterocycles. The molecule has 0 fully saturated rings. The van der Waals surface area contributed by atoms with Gasteiger partial charge in [-0.2, -0.15) is 4.98 Å². The predicted octanol–water partition coefficient (Wildman–Crippen LogP) is 5.30. The Balaban J connectivity index is 1.74. The van der Waals surface area contributed by atoms with Crippen molar-refractivity contribution in [2.75, 3.05) is 17.7 Å². The number of aryl methyl sites for hydroxylation is 1. The van der Waals surface area contributed by atoms with Crippen molar-refractivity contribution in [1.82, 2.24) is 9.97 Å². The number of anilines is 4. The molecular weight excluding hydrogens is 376 g/mol.